The summed E-state index contributed by atoms with van der Waals surface area (Å²) in [4.78, 5) is 52.4. The normalized spacial score (nSPS) is 20.5. The Morgan fingerprint density at radius 3 is 2.28 bits per heavy atom. The first-order valence-corrected chi connectivity index (χ1v) is 13.6. The minimum atomic E-state index is -1.05. The molecule has 3 aliphatic rings. The van der Waals surface area contributed by atoms with Gasteiger partial charge in [-0.25, -0.2) is 9.59 Å². The van der Waals surface area contributed by atoms with Crippen LogP contribution in [0.1, 0.15) is 41.5 Å². The molecule has 2 aromatic carbocycles. The molecule has 3 heterocycles. The van der Waals surface area contributed by atoms with Crippen LogP contribution in [0.25, 0.3) is 0 Å². The predicted octanol–water partition coefficient (Wildman–Crippen LogP) is 2.74. The number of urea groups is 1. The predicted molar refractivity (Wildman–Crippen MR) is 144 cm³/mol. The lowest BCUT2D eigenvalue weighted by Gasteiger charge is -2.38. The number of hydrogen-bond acceptors (Lipinski definition) is 4. The van der Waals surface area contributed by atoms with Gasteiger partial charge in [0, 0.05) is 44.2 Å². The van der Waals surface area contributed by atoms with Gasteiger partial charge in [0.15, 0.2) is 0 Å². The van der Waals surface area contributed by atoms with Gasteiger partial charge in [-0.1, -0.05) is 48.0 Å². The maximum Gasteiger partial charge on any atom is 0.407 e. The van der Waals surface area contributed by atoms with Crippen LogP contribution in [0, 0.1) is 5.92 Å². The topological polar surface area (TPSA) is 131 Å². The molecule has 0 aliphatic carbocycles. The van der Waals surface area contributed by atoms with Gasteiger partial charge in [0.1, 0.15) is 6.04 Å². The van der Waals surface area contributed by atoms with Crippen molar-refractivity contribution in [2.45, 2.75) is 37.3 Å². The lowest BCUT2D eigenvalue weighted by atomic mass is 9.84. The van der Waals surface area contributed by atoms with Gasteiger partial charge in [0.05, 0.1) is 12.0 Å². The Bertz CT molecular complexity index is 1240. The zero-order valence-corrected chi connectivity index (χ0v) is 22.2. The van der Waals surface area contributed by atoms with Crippen molar-refractivity contribution in [2.75, 3.05) is 32.7 Å². The molecule has 0 saturated carbocycles. The van der Waals surface area contributed by atoms with E-state index in [9.17, 15) is 19.2 Å². The number of carbonyl (C=O) groups excluding carboxylic acids is 3. The van der Waals surface area contributed by atoms with Crippen molar-refractivity contribution in [3.8, 4) is 0 Å². The Morgan fingerprint density at radius 1 is 1.00 bits per heavy atom. The number of likely N-dealkylation sites (tertiary alicyclic amines) is 2. The first kappa shape index (κ1) is 26.8. The SMILES string of the molecule is O=C1NCC(c2ccccc2C2CCN(C(=O)[C@@H](Cc3ccc(Cl)cc3)NC(=O)C3CN(C(=O)O)C3)CC2)N1. The number of rotatable bonds is 7. The summed E-state index contributed by atoms with van der Waals surface area (Å²) in [5.74, 6) is -0.666. The molecular weight excluding hydrogens is 522 g/mol. The number of amides is 5. The number of carboxylic acid groups (broad SMARTS) is 1. The van der Waals surface area contributed by atoms with Crippen molar-refractivity contribution < 1.29 is 24.3 Å². The number of benzene rings is 2. The van der Waals surface area contributed by atoms with E-state index in [4.69, 9.17) is 16.7 Å². The third-order valence-electron chi connectivity index (χ3n) is 7.88. The molecule has 4 N–H and O–H groups in total. The van der Waals surface area contributed by atoms with Crippen LogP contribution in [0.15, 0.2) is 48.5 Å². The molecule has 0 aromatic heterocycles. The quantitative estimate of drug-likeness (QED) is 0.419. The van der Waals surface area contributed by atoms with E-state index in [0.717, 1.165) is 24.0 Å². The number of piperidine rings is 1. The third-order valence-corrected chi connectivity index (χ3v) is 8.13. The van der Waals surface area contributed by atoms with Crippen molar-refractivity contribution in [2.24, 2.45) is 5.92 Å². The van der Waals surface area contributed by atoms with E-state index in [1.165, 1.54) is 10.5 Å². The molecule has 2 aromatic rings. The number of halogens is 1. The molecule has 11 heteroatoms. The number of nitrogens with one attached hydrogen (secondary N) is 3. The summed E-state index contributed by atoms with van der Waals surface area (Å²) in [6.45, 7) is 1.91. The Balaban J connectivity index is 1.25. The van der Waals surface area contributed by atoms with Crippen LogP contribution in [0.4, 0.5) is 9.59 Å². The Labute approximate surface area is 231 Å². The maximum atomic E-state index is 13.7. The molecular formula is C28H32ClN5O5. The van der Waals surface area contributed by atoms with Gasteiger partial charge in [0.2, 0.25) is 11.8 Å². The van der Waals surface area contributed by atoms with E-state index in [0.29, 0.717) is 31.1 Å². The molecule has 5 rings (SSSR count). The highest BCUT2D eigenvalue weighted by Crippen LogP contribution is 2.34. The molecule has 5 amide bonds. The summed E-state index contributed by atoms with van der Waals surface area (Å²) in [7, 11) is 0. The fourth-order valence-electron chi connectivity index (χ4n) is 5.62. The summed E-state index contributed by atoms with van der Waals surface area (Å²) in [5, 5.41) is 18.4. The third kappa shape index (κ3) is 6.11. The molecule has 3 saturated heterocycles. The zero-order valence-electron chi connectivity index (χ0n) is 21.4. The van der Waals surface area contributed by atoms with Gasteiger partial charge < -0.3 is 30.9 Å². The number of hydrogen-bond donors (Lipinski definition) is 4. The van der Waals surface area contributed by atoms with Crippen LogP contribution in [0.3, 0.4) is 0 Å². The van der Waals surface area contributed by atoms with Crippen LogP contribution >= 0.6 is 11.6 Å². The molecule has 0 spiro atoms. The van der Waals surface area contributed by atoms with Crippen molar-refractivity contribution >= 4 is 35.5 Å². The van der Waals surface area contributed by atoms with Gasteiger partial charge in [-0.2, -0.15) is 0 Å². The van der Waals surface area contributed by atoms with Gasteiger partial charge in [0.25, 0.3) is 0 Å². The molecule has 0 radical (unpaired) electrons. The van der Waals surface area contributed by atoms with E-state index >= 15 is 0 Å². The zero-order chi connectivity index (χ0) is 27.5. The van der Waals surface area contributed by atoms with Crippen LogP contribution in [-0.4, -0.2) is 77.6 Å². The fourth-order valence-corrected chi connectivity index (χ4v) is 5.75. The van der Waals surface area contributed by atoms with Crippen LogP contribution < -0.4 is 16.0 Å². The van der Waals surface area contributed by atoms with Gasteiger partial charge in [-0.3, -0.25) is 9.59 Å². The van der Waals surface area contributed by atoms with Gasteiger partial charge >= 0.3 is 12.1 Å². The highest BCUT2D eigenvalue weighted by atomic mass is 35.5. The highest BCUT2D eigenvalue weighted by molar-refractivity contribution is 6.30. The lowest BCUT2D eigenvalue weighted by molar-refractivity contribution is -0.139. The highest BCUT2D eigenvalue weighted by Gasteiger charge is 2.38. The summed E-state index contributed by atoms with van der Waals surface area (Å²) in [6.07, 6.45) is 0.807. The van der Waals surface area contributed by atoms with E-state index < -0.39 is 18.1 Å². The first-order valence-electron chi connectivity index (χ1n) is 13.2. The second kappa shape index (κ2) is 11.5. The Kier molecular flexibility index (Phi) is 7.92. The van der Waals surface area contributed by atoms with Crippen molar-refractivity contribution in [3.05, 3.63) is 70.2 Å². The Hall–Kier alpha value is -3.79. The molecule has 1 unspecified atom stereocenters. The number of nitrogens with zero attached hydrogens (tertiary/aromatic N) is 2. The van der Waals surface area contributed by atoms with Crippen LogP contribution in [-0.2, 0) is 16.0 Å². The summed E-state index contributed by atoms with van der Waals surface area (Å²) in [6, 6.07) is 14.3. The molecule has 2 atom stereocenters. The average Bonchev–Trinajstić information content (AvgIpc) is 3.34. The number of carbonyl (C=O) groups is 4. The van der Waals surface area contributed by atoms with Crippen molar-refractivity contribution in [3.63, 3.8) is 0 Å². The summed E-state index contributed by atoms with van der Waals surface area (Å²) < 4.78 is 0. The standard InChI is InChI=1S/C28H32ClN5O5/c29-20-7-5-17(6-8-20)13-23(31-25(35)19-15-34(16-19)28(38)39)26(36)33-11-9-18(10-12-33)21-3-1-2-4-22(21)24-14-30-27(37)32-24/h1-8,18-19,23-24H,9-16H2,(H,31,35)(H,38,39)(H2,30,32,37)/t23-,24?/m1/s1. The van der Waals surface area contributed by atoms with Crippen LogP contribution in [0.5, 0.6) is 0 Å². The van der Waals surface area contributed by atoms with E-state index in [-0.39, 0.29) is 42.9 Å². The van der Waals surface area contributed by atoms with Crippen molar-refractivity contribution in [1.29, 1.82) is 0 Å². The summed E-state index contributed by atoms with van der Waals surface area (Å²) in [5.41, 5.74) is 3.16. The Morgan fingerprint density at radius 2 is 1.67 bits per heavy atom. The average molecular weight is 554 g/mol. The van der Waals surface area contributed by atoms with Gasteiger partial charge in [-0.05, 0) is 47.6 Å². The largest absolute Gasteiger partial charge is 0.465 e. The fraction of sp³-hybridized carbons (Fsp3) is 0.429. The molecule has 0 bridgehead atoms. The second-order valence-electron chi connectivity index (χ2n) is 10.4. The maximum absolute atomic E-state index is 13.7. The summed E-state index contributed by atoms with van der Waals surface area (Å²) >= 11 is 6.03. The monoisotopic (exact) mass is 553 g/mol. The molecule has 10 nitrogen and oxygen atoms in total. The second-order valence-corrected chi connectivity index (χ2v) is 10.8. The molecule has 206 valence electrons. The molecule has 39 heavy (non-hydrogen) atoms. The van der Waals surface area contributed by atoms with Crippen LogP contribution in [0.2, 0.25) is 5.02 Å². The van der Waals surface area contributed by atoms with E-state index in [1.807, 2.05) is 29.2 Å². The molecule has 3 fully saturated rings. The smallest absolute Gasteiger partial charge is 0.407 e. The van der Waals surface area contributed by atoms with Crippen molar-refractivity contribution in [1.82, 2.24) is 25.8 Å². The minimum absolute atomic E-state index is 0.0733. The molecule has 3 aliphatic heterocycles. The van der Waals surface area contributed by atoms with E-state index in [1.54, 1.807) is 12.1 Å². The van der Waals surface area contributed by atoms with E-state index in [2.05, 4.69) is 28.1 Å². The first-order chi connectivity index (χ1) is 18.8. The minimum Gasteiger partial charge on any atom is -0.465 e. The van der Waals surface area contributed by atoms with Gasteiger partial charge in [-0.15, -0.1) is 0 Å². The lowest BCUT2D eigenvalue weighted by Crippen LogP contribution is -2.59.